The van der Waals surface area contributed by atoms with Gasteiger partial charge in [0.05, 0.1) is 27.8 Å². The summed E-state index contributed by atoms with van der Waals surface area (Å²) < 4.78 is 4.39. The van der Waals surface area contributed by atoms with E-state index in [1.807, 2.05) is 16.7 Å². The maximum atomic E-state index is 9.69. The number of hydrogen-bond donors (Lipinski definition) is 1. The number of hydrogen-bond acceptors (Lipinski definition) is 1. The molecule has 1 aliphatic rings. The van der Waals surface area contributed by atoms with E-state index in [9.17, 15) is 5.41 Å². The van der Waals surface area contributed by atoms with Crippen LogP contribution in [0.1, 0.15) is 25.0 Å². The smallest absolute Gasteiger partial charge is 0.227 e. The fourth-order valence-corrected chi connectivity index (χ4v) is 9.35. The molecule has 11 rings (SSSR count). The number of benzene rings is 8. The Labute approximate surface area is 342 Å². The molecule has 1 N–H and O–H groups in total. The second-order valence-electron chi connectivity index (χ2n) is 16.0. The van der Waals surface area contributed by atoms with Crippen molar-refractivity contribution in [2.75, 3.05) is 0 Å². The topological polar surface area (TPSA) is 46.1 Å². The molecule has 4 heteroatoms. The standard InChI is InChI=1S/C55H40N4/c1-55(2)46(38-19-8-4-9-20-38)35-48(47(55)32-36-16-6-3-7-17-36)57-54(56)59-49-25-15-14-24-43(49)44-33-39(27-29-50(44)59)40-28-30-51-45(34-40)53-42-23-13-12-18-37(42)26-31-52(53)58(51)41-21-10-5-11-22-41/h3-35,56H,1-2H3/b47-32-,56-54?,57-48-. The molecule has 0 saturated carbocycles. The molecule has 0 amide bonds. The molecule has 2 heterocycles. The molecule has 2 aromatic heterocycles. The molecule has 0 aliphatic heterocycles. The summed E-state index contributed by atoms with van der Waals surface area (Å²) >= 11 is 0. The van der Waals surface area contributed by atoms with Gasteiger partial charge in [0, 0.05) is 32.6 Å². The van der Waals surface area contributed by atoms with E-state index in [1.165, 1.54) is 38.2 Å². The van der Waals surface area contributed by atoms with Crippen molar-refractivity contribution in [2.24, 2.45) is 10.4 Å². The van der Waals surface area contributed by atoms with Gasteiger partial charge in [-0.3, -0.25) is 9.98 Å². The third-order valence-corrected chi connectivity index (χ3v) is 12.2. The van der Waals surface area contributed by atoms with E-state index in [1.54, 1.807) is 0 Å². The highest BCUT2D eigenvalue weighted by Crippen LogP contribution is 2.48. The van der Waals surface area contributed by atoms with Gasteiger partial charge in [-0.05, 0) is 105 Å². The highest BCUT2D eigenvalue weighted by Gasteiger charge is 2.37. The lowest BCUT2D eigenvalue weighted by molar-refractivity contribution is 0.641. The van der Waals surface area contributed by atoms with E-state index < -0.39 is 0 Å². The lowest BCUT2D eigenvalue weighted by Gasteiger charge is -2.25. The van der Waals surface area contributed by atoms with Crippen LogP contribution in [0, 0.1) is 10.8 Å². The number of rotatable bonds is 4. The molecule has 1 aliphatic carbocycles. The van der Waals surface area contributed by atoms with Crippen LogP contribution in [0.15, 0.2) is 205 Å². The van der Waals surface area contributed by atoms with Crippen molar-refractivity contribution in [1.82, 2.24) is 9.13 Å². The Kier molecular flexibility index (Phi) is 7.95. The van der Waals surface area contributed by atoms with Crippen LogP contribution in [0.4, 0.5) is 0 Å². The average molecular weight is 757 g/mol. The van der Waals surface area contributed by atoms with Crippen molar-refractivity contribution < 1.29 is 0 Å². The van der Waals surface area contributed by atoms with Crippen LogP contribution in [0.3, 0.4) is 0 Å². The lowest BCUT2D eigenvalue weighted by atomic mass is 9.78. The summed E-state index contributed by atoms with van der Waals surface area (Å²) in [6.45, 7) is 4.52. The minimum Gasteiger partial charge on any atom is -0.309 e. The molecular weight excluding hydrogens is 717 g/mol. The summed E-state index contributed by atoms with van der Waals surface area (Å²) in [4.78, 5) is 5.18. The van der Waals surface area contributed by atoms with Gasteiger partial charge < -0.3 is 4.57 Å². The first kappa shape index (κ1) is 34.7. The highest BCUT2D eigenvalue weighted by molar-refractivity contribution is 6.26. The van der Waals surface area contributed by atoms with E-state index in [2.05, 4.69) is 206 Å². The number of fused-ring (bicyclic) bond motifs is 8. The quantitative estimate of drug-likeness (QED) is 0.137. The molecule has 10 aromatic rings. The van der Waals surface area contributed by atoms with Crippen molar-refractivity contribution >= 4 is 77.7 Å². The lowest BCUT2D eigenvalue weighted by Crippen LogP contribution is -2.17. The normalized spacial score (nSPS) is 15.3. The van der Waals surface area contributed by atoms with Gasteiger partial charge in [0.1, 0.15) is 0 Å². The monoisotopic (exact) mass is 756 g/mol. The van der Waals surface area contributed by atoms with E-state index in [0.717, 1.165) is 61.0 Å². The zero-order chi connectivity index (χ0) is 39.7. The minimum atomic E-state index is -0.327. The highest BCUT2D eigenvalue weighted by atomic mass is 15.2. The zero-order valence-electron chi connectivity index (χ0n) is 32.9. The number of nitrogens with one attached hydrogen (secondary N) is 1. The van der Waals surface area contributed by atoms with E-state index >= 15 is 0 Å². The molecule has 0 fully saturated rings. The van der Waals surface area contributed by atoms with Crippen LogP contribution in [-0.2, 0) is 0 Å². The van der Waals surface area contributed by atoms with Gasteiger partial charge in [0.25, 0.3) is 0 Å². The predicted molar refractivity (Wildman–Crippen MR) is 250 cm³/mol. The Morgan fingerprint density at radius 1 is 0.525 bits per heavy atom. The van der Waals surface area contributed by atoms with Gasteiger partial charge in [-0.25, -0.2) is 4.99 Å². The molecule has 0 bridgehead atoms. The van der Waals surface area contributed by atoms with Gasteiger partial charge in [-0.2, -0.15) is 0 Å². The van der Waals surface area contributed by atoms with Crippen molar-refractivity contribution in [3.05, 3.63) is 211 Å². The fraction of sp³-hybridized carbons (Fsp3) is 0.0545. The first-order valence-corrected chi connectivity index (χ1v) is 20.2. The largest absolute Gasteiger partial charge is 0.309 e. The average Bonchev–Trinajstić information content (AvgIpc) is 3.88. The summed E-state index contributed by atoms with van der Waals surface area (Å²) in [6.07, 6.45) is 4.41. The van der Waals surface area contributed by atoms with E-state index in [0.29, 0.717) is 0 Å². The second-order valence-corrected chi connectivity index (χ2v) is 16.0. The fourth-order valence-electron chi connectivity index (χ4n) is 9.35. The Bertz CT molecular complexity index is 3400. The van der Waals surface area contributed by atoms with Crippen LogP contribution in [0.5, 0.6) is 0 Å². The Morgan fingerprint density at radius 3 is 1.88 bits per heavy atom. The molecular formula is C55H40N4. The van der Waals surface area contributed by atoms with Crippen LogP contribution in [-0.4, -0.2) is 20.8 Å². The van der Waals surface area contributed by atoms with Crippen LogP contribution in [0.2, 0.25) is 0 Å². The maximum Gasteiger partial charge on any atom is 0.227 e. The summed E-state index contributed by atoms with van der Waals surface area (Å²) in [5.74, 6) is 0.182. The summed E-state index contributed by atoms with van der Waals surface area (Å²) in [5, 5.41) is 16.8. The number of aliphatic imine (C=N–C) groups is 1. The maximum absolute atomic E-state index is 9.69. The van der Waals surface area contributed by atoms with Gasteiger partial charge in [0.15, 0.2) is 0 Å². The Hall–Kier alpha value is -7.56. The predicted octanol–water partition coefficient (Wildman–Crippen LogP) is 14.1. The third kappa shape index (κ3) is 5.60. The van der Waals surface area contributed by atoms with Gasteiger partial charge in [0.2, 0.25) is 5.96 Å². The molecule has 0 saturated heterocycles. The van der Waals surface area contributed by atoms with Crippen molar-refractivity contribution in [3.63, 3.8) is 0 Å². The van der Waals surface area contributed by atoms with Crippen molar-refractivity contribution in [2.45, 2.75) is 13.8 Å². The zero-order valence-corrected chi connectivity index (χ0v) is 32.9. The van der Waals surface area contributed by atoms with E-state index in [4.69, 9.17) is 4.99 Å². The molecule has 0 spiro atoms. The van der Waals surface area contributed by atoms with E-state index in [-0.39, 0.29) is 11.4 Å². The SMILES string of the molecule is CC1(C)C(c2ccccc2)=CC(=N/C(=N)n2c3ccccc3c3cc(-c4ccc5c(c4)c4c6ccccc6ccc4n5-c4ccccc4)ccc32)/C1=C/c1ccccc1. The molecule has 8 aromatic carbocycles. The molecule has 59 heavy (non-hydrogen) atoms. The molecule has 4 nitrogen and oxygen atoms in total. The molecule has 280 valence electrons. The van der Waals surface area contributed by atoms with Crippen molar-refractivity contribution in [3.8, 4) is 16.8 Å². The number of para-hydroxylation sites is 2. The summed E-state index contributed by atoms with van der Waals surface area (Å²) in [7, 11) is 0. The van der Waals surface area contributed by atoms with Crippen LogP contribution in [0.25, 0.3) is 82.8 Å². The molecule has 0 radical (unpaired) electrons. The van der Waals surface area contributed by atoms with Gasteiger partial charge in [-0.1, -0.05) is 153 Å². The first-order valence-electron chi connectivity index (χ1n) is 20.2. The third-order valence-electron chi connectivity index (χ3n) is 12.2. The molecule has 0 atom stereocenters. The van der Waals surface area contributed by atoms with Gasteiger partial charge in [-0.15, -0.1) is 0 Å². The van der Waals surface area contributed by atoms with Gasteiger partial charge >= 0.3 is 0 Å². The minimum absolute atomic E-state index is 0.182. The Balaban J connectivity index is 1.07. The van der Waals surface area contributed by atoms with Crippen LogP contribution >= 0.6 is 0 Å². The Morgan fingerprint density at radius 2 is 1.12 bits per heavy atom. The second kappa shape index (κ2) is 13.5. The van der Waals surface area contributed by atoms with Crippen molar-refractivity contribution in [1.29, 1.82) is 5.41 Å². The number of allylic oxidation sites excluding steroid dienone is 3. The summed E-state index contributed by atoms with van der Waals surface area (Å²) in [6, 6.07) is 66.7. The molecule has 0 unspecified atom stereocenters. The summed E-state index contributed by atoms with van der Waals surface area (Å²) in [5.41, 5.74) is 12.7. The number of aromatic nitrogens is 2. The van der Waals surface area contributed by atoms with Crippen LogP contribution < -0.4 is 0 Å². The first-order chi connectivity index (χ1) is 28.9. The number of nitrogens with zero attached hydrogens (tertiary/aromatic N) is 3.